The van der Waals surface area contributed by atoms with Gasteiger partial charge in [-0.1, -0.05) is 0 Å². The monoisotopic (exact) mass is 379 g/mol. The zero-order valence-corrected chi connectivity index (χ0v) is 16.0. The number of hydrogen-bond donors (Lipinski definition) is 1. The lowest BCUT2D eigenvalue weighted by molar-refractivity contribution is -0.0314. The number of likely N-dealkylation sites (tertiary alicyclic amines) is 1. The summed E-state index contributed by atoms with van der Waals surface area (Å²) in [7, 11) is 0. The number of amides is 1. The quantitative estimate of drug-likeness (QED) is 0.748. The lowest BCUT2D eigenvalue weighted by Gasteiger charge is -2.48. The Morgan fingerprint density at radius 1 is 1.39 bits per heavy atom. The molecule has 0 radical (unpaired) electrons. The number of hydrogen-bond acceptors (Lipinski definition) is 6. The smallest absolute Gasteiger partial charge is 0.410 e. The van der Waals surface area contributed by atoms with Crippen LogP contribution in [-0.4, -0.2) is 54.6 Å². The Bertz CT molecular complexity index is 1060. The minimum atomic E-state index is -0.556. The van der Waals surface area contributed by atoms with Crippen LogP contribution in [0.25, 0.3) is 22.2 Å². The van der Waals surface area contributed by atoms with Crippen LogP contribution in [0.5, 0.6) is 0 Å². The van der Waals surface area contributed by atoms with Gasteiger partial charge in [-0.25, -0.2) is 4.79 Å². The maximum atomic E-state index is 12.3. The van der Waals surface area contributed by atoms with Gasteiger partial charge in [0.2, 0.25) is 0 Å². The van der Waals surface area contributed by atoms with Gasteiger partial charge in [-0.05, 0) is 26.8 Å². The predicted molar refractivity (Wildman–Crippen MR) is 101 cm³/mol. The molecule has 1 aliphatic heterocycles. The molecule has 1 amide bonds. The summed E-state index contributed by atoms with van der Waals surface area (Å²) in [4.78, 5) is 16.9. The lowest BCUT2D eigenvalue weighted by atomic mass is 9.87. The largest absolute Gasteiger partial charge is 0.444 e. The van der Waals surface area contributed by atoms with E-state index in [1.165, 1.54) is 0 Å². The summed E-state index contributed by atoms with van der Waals surface area (Å²) in [6, 6.07) is 4.16. The van der Waals surface area contributed by atoms with Crippen LogP contribution in [0.3, 0.4) is 0 Å². The zero-order chi connectivity index (χ0) is 19.9. The van der Waals surface area contributed by atoms with Crippen LogP contribution >= 0.6 is 0 Å². The average molecular weight is 379 g/mol. The van der Waals surface area contributed by atoms with Gasteiger partial charge in [0.05, 0.1) is 38.0 Å². The van der Waals surface area contributed by atoms with Crippen molar-refractivity contribution in [3.8, 4) is 17.2 Å². The number of nitriles is 1. The van der Waals surface area contributed by atoms with E-state index < -0.39 is 11.1 Å². The third-order valence-corrected chi connectivity index (χ3v) is 4.77. The molecule has 4 rings (SSSR count). The number of aromatic amines is 1. The first-order chi connectivity index (χ1) is 13.3. The third kappa shape index (κ3) is 3.07. The molecule has 1 N–H and O–H groups in total. The molecule has 9 heteroatoms. The minimum Gasteiger partial charge on any atom is -0.444 e. The molecule has 1 aliphatic rings. The molecule has 28 heavy (non-hydrogen) atoms. The van der Waals surface area contributed by atoms with E-state index in [2.05, 4.69) is 26.3 Å². The fourth-order valence-corrected chi connectivity index (χ4v) is 3.43. The standard InChI is InChI=1S/C19H21N7O2/c1-18(2,3)28-17(27)25-11-19(12-25,5-6-20)26-10-13(8-23-26)15-9-22-24-16-14(15)4-7-21-16/h4,7-10H,5,11-12H2,1-3H3,(H,21,24). The van der Waals surface area contributed by atoms with E-state index in [1.807, 2.05) is 39.2 Å². The van der Waals surface area contributed by atoms with Crippen LogP contribution < -0.4 is 0 Å². The molecule has 0 atom stereocenters. The second-order valence-electron chi connectivity index (χ2n) is 8.07. The number of aromatic nitrogens is 5. The summed E-state index contributed by atoms with van der Waals surface area (Å²) in [5, 5.41) is 22.9. The first kappa shape index (κ1) is 18.0. The number of rotatable bonds is 3. The average Bonchev–Trinajstić information content (AvgIpc) is 3.24. The normalized spacial score (nSPS) is 15.9. The highest BCUT2D eigenvalue weighted by Gasteiger charge is 2.48. The van der Waals surface area contributed by atoms with Gasteiger partial charge in [-0.3, -0.25) is 4.68 Å². The second-order valence-corrected chi connectivity index (χ2v) is 8.07. The Morgan fingerprint density at radius 2 is 2.18 bits per heavy atom. The van der Waals surface area contributed by atoms with Crippen molar-refractivity contribution in [3.63, 3.8) is 0 Å². The van der Waals surface area contributed by atoms with E-state index in [4.69, 9.17) is 4.74 Å². The maximum Gasteiger partial charge on any atom is 0.410 e. The molecule has 144 valence electrons. The fraction of sp³-hybridized carbons (Fsp3) is 0.421. The molecular formula is C19H21N7O2. The van der Waals surface area contributed by atoms with Gasteiger partial charge in [0.1, 0.15) is 11.1 Å². The molecule has 4 heterocycles. The number of carbonyl (C=O) groups is 1. The van der Waals surface area contributed by atoms with Crippen LogP contribution in [0, 0.1) is 11.3 Å². The maximum absolute atomic E-state index is 12.3. The highest BCUT2D eigenvalue weighted by Crippen LogP contribution is 2.35. The highest BCUT2D eigenvalue weighted by atomic mass is 16.6. The molecule has 9 nitrogen and oxygen atoms in total. The molecule has 3 aromatic heterocycles. The van der Waals surface area contributed by atoms with E-state index in [-0.39, 0.29) is 12.5 Å². The zero-order valence-electron chi connectivity index (χ0n) is 16.0. The Hall–Kier alpha value is -3.41. The number of ether oxygens (including phenoxy) is 1. The van der Waals surface area contributed by atoms with Crippen molar-refractivity contribution in [1.29, 1.82) is 5.26 Å². The molecule has 0 bridgehead atoms. The summed E-state index contributed by atoms with van der Waals surface area (Å²) in [5.41, 5.74) is 1.39. The number of carbonyl (C=O) groups excluding carboxylic acids is 1. The van der Waals surface area contributed by atoms with Gasteiger partial charge in [0, 0.05) is 28.9 Å². The van der Waals surface area contributed by atoms with Gasteiger partial charge in [-0.2, -0.15) is 15.5 Å². The van der Waals surface area contributed by atoms with E-state index in [9.17, 15) is 10.1 Å². The Kier molecular flexibility index (Phi) is 4.07. The Balaban J connectivity index is 1.59. The van der Waals surface area contributed by atoms with Crippen molar-refractivity contribution in [2.75, 3.05) is 13.1 Å². The number of nitrogens with one attached hydrogen (secondary N) is 1. The van der Waals surface area contributed by atoms with E-state index >= 15 is 0 Å². The molecule has 1 saturated heterocycles. The van der Waals surface area contributed by atoms with Gasteiger partial charge in [-0.15, -0.1) is 5.10 Å². The van der Waals surface area contributed by atoms with E-state index in [1.54, 1.807) is 22.0 Å². The number of H-pyrrole nitrogens is 1. The van der Waals surface area contributed by atoms with Crippen LogP contribution in [0.1, 0.15) is 27.2 Å². The molecule has 0 aliphatic carbocycles. The first-order valence-electron chi connectivity index (χ1n) is 9.00. The SMILES string of the molecule is CC(C)(C)OC(=O)N1CC(CC#N)(n2cc(-c3cnnc4[nH]ccc34)cn2)C1. The number of nitrogens with zero attached hydrogens (tertiary/aromatic N) is 6. The number of fused-ring (bicyclic) bond motifs is 1. The summed E-state index contributed by atoms with van der Waals surface area (Å²) < 4.78 is 7.20. The van der Waals surface area contributed by atoms with Gasteiger partial charge in [0.25, 0.3) is 0 Å². The molecule has 0 saturated carbocycles. The molecular weight excluding hydrogens is 358 g/mol. The van der Waals surface area contributed by atoms with Crippen molar-refractivity contribution >= 4 is 17.1 Å². The van der Waals surface area contributed by atoms with E-state index in [0.717, 1.165) is 16.5 Å². The van der Waals surface area contributed by atoms with Crippen molar-refractivity contribution < 1.29 is 9.53 Å². The Labute approximate surface area is 161 Å². The Morgan fingerprint density at radius 3 is 2.89 bits per heavy atom. The van der Waals surface area contributed by atoms with Gasteiger partial charge >= 0.3 is 6.09 Å². The lowest BCUT2D eigenvalue weighted by Crippen LogP contribution is -2.64. The van der Waals surface area contributed by atoms with Crippen LogP contribution in [0.2, 0.25) is 0 Å². The second kappa shape index (κ2) is 6.34. The van der Waals surface area contributed by atoms with Crippen molar-refractivity contribution in [3.05, 3.63) is 30.9 Å². The molecule has 0 unspecified atom stereocenters. The minimum absolute atomic E-state index is 0.252. The van der Waals surface area contributed by atoms with Crippen LogP contribution in [0.15, 0.2) is 30.9 Å². The third-order valence-electron chi connectivity index (χ3n) is 4.77. The van der Waals surface area contributed by atoms with Crippen LogP contribution in [-0.2, 0) is 10.3 Å². The molecule has 3 aromatic rings. The molecule has 0 spiro atoms. The van der Waals surface area contributed by atoms with Crippen molar-refractivity contribution in [2.24, 2.45) is 0 Å². The van der Waals surface area contributed by atoms with Crippen LogP contribution in [0.4, 0.5) is 4.79 Å². The fourth-order valence-electron chi connectivity index (χ4n) is 3.43. The van der Waals surface area contributed by atoms with E-state index in [0.29, 0.717) is 18.7 Å². The summed E-state index contributed by atoms with van der Waals surface area (Å²) in [6.45, 7) is 6.25. The highest BCUT2D eigenvalue weighted by molar-refractivity contribution is 5.91. The summed E-state index contributed by atoms with van der Waals surface area (Å²) in [5.74, 6) is 0. The predicted octanol–water partition coefficient (Wildman–Crippen LogP) is 2.68. The van der Waals surface area contributed by atoms with Gasteiger partial charge in [0.15, 0.2) is 5.65 Å². The van der Waals surface area contributed by atoms with Gasteiger partial charge < -0.3 is 14.6 Å². The topological polar surface area (TPSA) is 113 Å². The summed E-state index contributed by atoms with van der Waals surface area (Å²) >= 11 is 0. The molecule has 0 aromatic carbocycles. The molecule has 1 fully saturated rings. The van der Waals surface area contributed by atoms with Crippen molar-refractivity contribution in [1.82, 2.24) is 29.9 Å². The first-order valence-corrected chi connectivity index (χ1v) is 9.00. The van der Waals surface area contributed by atoms with Crippen molar-refractivity contribution in [2.45, 2.75) is 38.3 Å². The summed E-state index contributed by atoms with van der Waals surface area (Å²) in [6.07, 6.45) is 7.03.